The van der Waals surface area contributed by atoms with Gasteiger partial charge < -0.3 is 11.5 Å². The van der Waals surface area contributed by atoms with Crippen LogP contribution < -0.4 is 16.4 Å². The quantitative estimate of drug-likeness (QED) is 0.787. The van der Waals surface area contributed by atoms with Crippen molar-refractivity contribution in [2.45, 2.75) is 25.8 Å². The fraction of sp³-hybridized carbons (Fsp3) is 0.222. The molecular weight excluding hydrogens is 309 g/mol. The average Bonchev–Trinajstić information content (AvgIpc) is 2.62. The molecule has 0 spiro atoms. The van der Waals surface area contributed by atoms with Crippen LogP contribution in [-0.2, 0) is 9.59 Å². The van der Waals surface area contributed by atoms with Crippen LogP contribution in [0.3, 0.4) is 0 Å². The molecule has 0 saturated carbocycles. The number of rotatable bonds is 1. The Balaban J connectivity index is 2.38. The zero-order valence-corrected chi connectivity index (χ0v) is 13.4. The molecule has 6 heteroatoms. The van der Waals surface area contributed by atoms with Crippen molar-refractivity contribution in [2.75, 3.05) is 10.6 Å². The Kier molecular flexibility index (Phi) is 3.85. The number of fused-ring (bicyclic) bond motifs is 3. The van der Waals surface area contributed by atoms with E-state index in [-0.39, 0.29) is 0 Å². The minimum atomic E-state index is -0.853. The number of benzene rings is 2. The molecule has 1 aliphatic rings. The van der Waals surface area contributed by atoms with Crippen LogP contribution in [0.4, 0.5) is 15.8 Å². The summed E-state index contributed by atoms with van der Waals surface area (Å²) in [4.78, 5) is 26.6. The van der Waals surface area contributed by atoms with Crippen LogP contribution in [0.2, 0.25) is 0 Å². The van der Waals surface area contributed by atoms with Crippen molar-refractivity contribution in [2.24, 2.45) is 5.73 Å². The zero-order valence-electron chi connectivity index (χ0n) is 13.4. The predicted octanol–water partition coefficient (Wildman–Crippen LogP) is 2.40. The van der Waals surface area contributed by atoms with Gasteiger partial charge >= 0.3 is 0 Å². The van der Waals surface area contributed by atoms with Crippen LogP contribution in [-0.4, -0.2) is 17.9 Å². The Labute approximate surface area is 139 Å². The maximum atomic E-state index is 13.8. The van der Waals surface area contributed by atoms with E-state index in [4.69, 9.17) is 11.5 Å². The van der Waals surface area contributed by atoms with Gasteiger partial charge in [-0.3, -0.25) is 9.59 Å². The molecule has 2 atom stereocenters. The number of halogens is 1. The lowest BCUT2D eigenvalue weighted by atomic mass is 9.91. The van der Waals surface area contributed by atoms with Crippen molar-refractivity contribution >= 4 is 23.2 Å². The largest absolute Gasteiger partial charge is 0.398 e. The third-order valence-corrected chi connectivity index (χ3v) is 4.27. The first-order chi connectivity index (χ1) is 11.3. The van der Waals surface area contributed by atoms with E-state index >= 15 is 0 Å². The van der Waals surface area contributed by atoms with Crippen LogP contribution in [0.1, 0.15) is 25.3 Å². The topological polar surface area (TPSA) is 89.4 Å². The lowest BCUT2D eigenvalue weighted by Gasteiger charge is -2.25. The fourth-order valence-corrected chi connectivity index (χ4v) is 3.04. The molecule has 0 bridgehead atoms. The van der Waals surface area contributed by atoms with Gasteiger partial charge in [0.25, 0.3) is 0 Å². The number of nitrogens with two attached hydrogens (primary N) is 2. The second kappa shape index (κ2) is 5.72. The smallest absolute Gasteiger partial charge is 0.250 e. The maximum absolute atomic E-state index is 13.8. The number of anilines is 2. The summed E-state index contributed by atoms with van der Waals surface area (Å²) in [6.45, 7) is 3.20. The fourth-order valence-electron chi connectivity index (χ4n) is 3.04. The van der Waals surface area contributed by atoms with Crippen molar-refractivity contribution < 1.29 is 14.0 Å². The summed E-state index contributed by atoms with van der Waals surface area (Å²) in [5.74, 6) is -1.99. The van der Waals surface area contributed by atoms with Crippen molar-refractivity contribution in [1.29, 1.82) is 0 Å². The van der Waals surface area contributed by atoms with Crippen LogP contribution in [0.25, 0.3) is 11.1 Å². The Morgan fingerprint density at radius 1 is 1.29 bits per heavy atom. The number of carbonyl (C=O) groups excluding carboxylic acids is 2. The molecule has 2 aromatic carbocycles. The van der Waals surface area contributed by atoms with Gasteiger partial charge in [0.15, 0.2) is 0 Å². The lowest BCUT2D eigenvalue weighted by molar-refractivity contribution is -0.127. The van der Waals surface area contributed by atoms with Gasteiger partial charge in [-0.1, -0.05) is 12.1 Å². The number of carbonyl (C=O) groups is 2. The van der Waals surface area contributed by atoms with Gasteiger partial charge in [0.2, 0.25) is 11.8 Å². The maximum Gasteiger partial charge on any atom is 0.250 e. The first kappa shape index (κ1) is 16.1. The van der Waals surface area contributed by atoms with Crippen molar-refractivity contribution in [3.8, 4) is 11.1 Å². The third kappa shape index (κ3) is 2.35. The standard InChI is InChI=1S/C18H18FN3O2/c1-9-12-7-6-11(19)8-13(12)16-14(21)4-3-5-15(16)22(17(9)23)18(24)10(2)20/h3-10H,20-21H2,1-2H3/t9?,10-/m0/s1. The third-order valence-electron chi connectivity index (χ3n) is 4.27. The molecule has 0 fully saturated rings. The number of nitrogen functional groups attached to an aromatic ring is 1. The van der Waals surface area contributed by atoms with E-state index < -0.39 is 29.6 Å². The molecule has 1 aliphatic heterocycles. The highest BCUT2D eigenvalue weighted by molar-refractivity contribution is 6.22. The summed E-state index contributed by atoms with van der Waals surface area (Å²) < 4.78 is 13.8. The number of amides is 2. The highest BCUT2D eigenvalue weighted by Crippen LogP contribution is 2.44. The lowest BCUT2D eigenvalue weighted by Crippen LogP contribution is -2.46. The highest BCUT2D eigenvalue weighted by atomic mass is 19.1. The van der Waals surface area contributed by atoms with Crippen LogP contribution in [0, 0.1) is 5.82 Å². The number of imide groups is 1. The minimum Gasteiger partial charge on any atom is -0.398 e. The Morgan fingerprint density at radius 2 is 2.00 bits per heavy atom. The molecule has 0 saturated heterocycles. The van der Waals surface area contributed by atoms with Crippen molar-refractivity contribution in [3.05, 3.63) is 47.8 Å². The number of nitrogens with zero attached hydrogens (tertiary/aromatic N) is 1. The van der Waals surface area contributed by atoms with E-state index in [0.717, 1.165) is 4.90 Å². The molecule has 4 N–H and O–H groups in total. The molecule has 0 radical (unpaired) electrons. The first-order valence-electron chi connectivity index (χ1n) is 7.64. The van der Waals surface area contributed by atoms with Gasteiger partial charge in [0.05, 0.1) is 17.6 Å². The van der Waals surface area contributed by atoms with Gasteiger partial charge in [-0.25, -0.2) is 9.29 Å². The van der Waals surface area contributed by atoms with Gasteiger partial charge in [0, 0.05) is 11.3 Å². The molecule has 2 aromatic rings. The van der Waals surface area contributed by atoms with Crippen molar-refractivity contribution in [1.82, 2.24) is 0 Å². The van der Waals surface area contributed by atoms with Gasteiger partial charge in [-0.15, -0.1) is 0 Å². The summed E-state index contributed by atoms with van der Waals surface area (Å²) in [5.41, 5.74) is 14.1. The van der Waals surface area contributed by atoms with Gasteiger partial charge in [0.1, 0.15) is 5.82 Å². The first-order valence-corrected chi connectivity index (χ1v) is 7.64. The molecule has 1 heterocycles. The Morgan fingerprint density at radius 3 is 2.67 bits per heavy atom. The monoisotopic (exact) mass is 327 g/mol. The molecule has 2 amide bonds. The molecule has 24 heavy (non-hydrogen) atoms. The Bertz CT molecular complexity index is 848. The summed E-state index contributed by atoms with van der Waals surface area (Å²) in [7, 11) is 0. The second-order valence-electron chi connectivity index (χ2n) is 6.00. The van der Waals surface area contributed by atoms with Crippen LogP contribution >= 0.6 is 0 Å². The average molecular weight is 327 g/mol. The van der Waals surface area contributed by atoms with Gasteiger partial charge in [-0.05, 0) is 49.2 Å². The molecular formula is C18H18FN3O2. The van der Waals surface area contributed by atoms with Crippen LogP contribution in [0.5, 0.6) is 0 Å². The molecule has 124 valence electrons. The normalized spacial score (nSPS) is 17.8. The molecule has 3 rings (SSSR count). The second-order valence-corrected chi connectivity index (χ2v) is 6.00. The van der Waals surface area contributed by atoms with E-state index in [0.29, 0.717) is 28.1 Å². The van der Waals surface area contributed by atoms with E-state index in [1.807, 2.05) is 0 Å². The summed E-state index contributed by atoms with van der Waals surface area (Å²) in [6.07, 6.45) is 0. The van der Waals surface area contributed by atoms with E-state index in [1.54, 1.807) is 31.2 Å². The van der Waals surface area contributed by atoms with Crippen molar-refractivity contribution in [3.63, 3.8) is 0 Å². The summed E-state index contributed by atoms with van der Waals surface area (Å²) in [5, 5.41) is 0. The predicted molar refractivity (Wildman–Crippen MR) is 90.8 cm³/mol. The zero-order chi connectivity index (χ0) is 17.6. The molecule has 1 unspecified atom stereocenters. The van der Waals surface area contributed by atoms with E-state index in [9.17, 15) is 14.0 Å². The van der Waals surface area contributed by atoms with E-state index in [2.05, 4.69) is 0 Å². The number of hydrogen-bond acceptors (Lipinski definition) is 4. The van der Waals surface area contributed by atoms with E-state index in [1.165, 1.54) is 19.1 Å². The minimum absolute atomic E-state index is 0.332. The SMILES string of the molecule is CC1C(=O)N(C(=O)[C@H](C)N)c2cccc(N)c2-c2cc(F)ccc21. The summed E-state index contributed by atoms with van der Waals surface area (Å²) >= 11 is 0. The number of hydrogen-bond donors (Lipinski definition) is 2. The molecule has 5 nitrogen and oxygen atoms in total. The highest BCUT2D eigenvalue weighted by Gasteiger charge is 2.36. The van der Waals surface area contributed by atoms with Gasteiger partial charge in [-0.2, -0.15) is 0 Å². The van der Waals surface area contributed by atoms with Crippen LogP contribution in [0.15, 0.2) is 36.4 Å². The molecule has 0 aromatic heterocycles. The molecule has 0 aliphatic carbocycles. The summed E-state index contributed by atoms with van der Waals surface area (Å²) in [6, 6.07) is 8.27. The Hall–Kier alpha value is -2.73.